The first-order valence-corrected chi connectivity index (χ1v) is 16.1. The van der Waals surface area contributed by atoms with Crippen molar-refractivity contribution < 1.29 is 9.59 Å². The van der Waals surface area contributed by atoms with Crippen LogP contribution >= 0.6 is 0 Å². The Kier molecular flexibility index (Phi) is 17.7. The van der Waals surface area contributed by atoms with Crippen LogP contribution in [-0.4, -0.2) is 21.8 Å². The molecule has 1 heterocycles. The summed E-state index contributed by atoms with van der Waals surface area (Å²) in [6.07, 6.45) is 27.1. The average Bonchev–Trinajstić information content (AvgIpc) is 2.91. The van der Waals surface area contributed by atoms with Crippen LogP contribution in [0.15, 0.2) is 0 Å². The standard InChI is InChI=1S/C32H56N4O2/c1-3-5-7-9-11-13-15-17-19-25-29(37)34-31-27-23-21-22-24-28(27)33-32(36-31)35-30(38)26-20-18-16-14-12-10-8-6-4-2/h3-26H2,1-2H3,(H2,33,34,35,36,37,38). The Bertz CT molecular complexity index is 796. The van der Waals surface area contributed by atoms with Crippen LogP contribution in [0, 0.1) is 0 Å². The normalized spacial score (nSPS) is 12.8. The third-order valence-electron chi connectivity index (χ3n) is 7.71. The zero-order valence-corrected chi connectivity index (χ0v) is 24.7. The van der Waals surface area contributed by atoms with Crippen LogP contribution in [0.25, 0.3) is 0 Å². The van der Waals surface area contributed by atoms with Gasteiger partial charge in [0.15, 0.2) is 0 Å². The fourth-order valence-electron chi connectivity index (χ4n) is 5.33. The Morgan fingerprint density at radius 3 is 1.55 bits per heavy atom. The summed E-state index contributed by atoms with van der Waals surface area (Å²) in [5, 5.41) is 5.96. The van der Waals surface area contributed by atoms with Gasteiger partial charge in [-0.05, 0) is 38.5 Å². The molecule has 2 N–H and O–H groups in total. The first kappa shape index (κ1) is 32.2. The van der Waals surface area contributed by atoms with Crippen molar-refractivity contribution >= 4 is 23.6 Å². The van der Waals surface area contributed by atoms with Crippen LogP contribution in [0.3, 0.4) is 0 Å². The lowest BCUT2D eigenvalue weighted by Crippen LogP contribution is -2.21. The van der Waals surface area contributed by atoms with Crippen molar-refractivity contribution in [3.05, 3.63) is 11.3 Å². The maximum absolute atomic E-state index is 12.7. The van der Waals surface area contributed by atoms with Gasteiger partial charge in [0, 0.05) is 18.4 Å². The molecule has 0 atom stereocenters. The van der Waals surface area contributed by atoms with E-state index >= 15 is 0 Å². The van der Waals surface area contributed by atoms with Gasteiger partial charge in [0.1, 0.15) is 5.82 Å². The van der Waals surface area contributed by atoms with Gasteiger partial charge < -0.3 is 5.32 Å². The van der Waals surface area contributed by atoms with Crippen LogP contribution in [0.2, 0.25) is 0 Å². The van der Waals surface area contributed by atoms with Gasteiger partial charge >= 0.3 is 0 Å². The van der Waals surface area contributed by atoms with Crippen LogP contribution in [-0.2, 0) is 22.4 Å². The van der Waals surface area contributed by atoms with Crippen molar-refractivity contribution in [1.82, 2.24) is 9.97 Å². The van der Waals surface area contributed by atoms with E-state index in [4.69, 9.17) is 0 Å². The third kappa shape index (κ3) is 14.2. The van der Waals surface area contributed by atoms with E-state index in [1.54, 1.807) is 0 Å². The maximum Gasteiger partial charge on any atom is 0.231 e. The minimum atomic E-state index is -0.0318. The number of amides is 2. The summed E-state index contributed by atoms with van der Waals surface area (Å²) >= 11 is 0. The number of hydrogen-bond donors (Lipinski definition) is 2. The van der Waals surface area contributed by atoms with E-state index < -0.39 is 0 Å². The highest BCUT2D eigenvalue weighted by Gasteiger charge is 2.20. The molecule has 1 aromatic heterocycles. The number of unbranched alkanes of at least 4 members (excludes halogenated alkanes) is 16. The molecule has 1 aliphatic rings. The number of hydrogen-bond acceptors (Lipinski definition) is 4. The molecule has 0 aromatic carbocycles. The Morgan fingerprint density at radius 2 is 1.03 bits per heavy atom. The molecule has 0 radical (unpaired) electrons. The number of aromatic nitrogens is 2. The molecule has 0 aliphatic heterocycles. The van der Waals surface area contributed by atoms with Crippen LogP contribution < -0.4 is 10.6 Å². The molecule has 2 rings (SSSR count). The first-order valence-electron chi connectivity index (χ1n) is 16.1. The van der Waals surface area contributed by atoms with Gasteiger partial charge in [-0.3, -0.25) is 14.9 Å². The maximum atomic E-state index is 12.7. The molecule has 1 aliphatic carbocycles. The lowest BCUT2D eigenvalue weighted by atomic mass is 9.96. The second-order valence-electron chi connectivity index (χ2n) is 11.3. The summed E-state index contributed by atoms with van der Waals surface area (Å²) in [4.78, 5) is 34.4. The van der Waals surface area contributed by atoms with Gasteiger partial charge in [0.2, 0.25) is 17.8 Å². The highest BCUT2D eigenvalue weighted by Crippen LogP contribution is 2.27. The fraction of sp³-hybridized carbons (Fsp3) is 0.812. The summed E-state index contributed by atoms with van der Waals surface area (Å²) in [6.45, 7) is 4.50. The van der Waals surface area contributed by atoms with Crippen molar-refractivity contribution in [3.63, 3.8) is 0 Å². The van der Waals surface area contributed by atoms with Gasteiger partial charge in [-0.1, -0.05) is 117 Å². The predicted molar refractivity (Wildman–Crippen MR) is 160 cm³/mol. The molecule has 0 unspecified atom stereocenters. The van der Waals surface area contributed by atoms with Gasteiger partial charge in [-0.15, -0.1) is 0 Å². The van der Waals surface area contributed by atoms with Crippen molar-refractivity contribution in [1.29, 1.82) is 0 Å². The highest BCUT2D eigenvalue weighted by molar-refractivity contribution is 5.92. The minimum absolute atomic E-state index is 0.0198. The number of anilines is 2. The predicted octanol–water partition coefficient (Wildman–Crippen LogP) is 9.07. The lowest BCUT2D eigenvalue weighted by molar-refractivity contribution is -0.117. The zero-order chi connectivity index (χ0) is 27.3. The quantitative estimate of drug-likeness (QED) is 0.147. The molecule has 2 amide bonds. The number of fused-ring (bicyclic) bond motifs is 1. The van der Waals surface area contributed by atoms with Crippen LogP contribution in [0.1, 0.15) is 166 Å². The minimum Gasteiger partial charge on any atom is -0.310 e. The number of rotatable bonds is 22. The van der Waals surface area contributed by atoms with Gasteiger partial charge in [0.05, 0.1) is 5.69 Å². The molecule has 0 fully saturated rings. The smallest absolute Gasteiger partial charge is 0.231 e. The molecule has 6 heteroatoms. The van der Waals surface area contributed by atoms with Gasteiger partial charge in [-0.25, -0.2) is 4.98 Å². The van der Waals surface area contributed by atoms with Crippen molar-refractivity contribution in [3.8, 4) is 0 Å². The third-order valence-corrected chi connectivity index (χ3v) is 7.71. The van der Waals surface area contributed by atoms with Crippen molar-refractivity contribution in [2.45, 2.75) is 168 Å². The summed E-state index contributed by atoms with van der Waals surface area (Å²) in [5.74, 6) is 0.931. The van der Waals surface area contributed by atoms with E-state index in [1.807, 2.05) is 0 Å². The Labute approximate surface area is 233 Å². The van der Waals surface area contributed by atoms with E-state index in [9.17, 15) is 9.59 Å². The molecule has 0 bridgehead atoms. The number of aryl methyl sites for hydroxylation is 1. The van der Waals surface area contributed by atoms with Crippen molar-refractivity contribution in [2.75, 3.05) is 10.6 Å². The molecule has 216 valence electrons. The number of nitrogens with one attached hydrogen (secondary N) is 2. The molecule has 0 saturated heterocycles. The van der Waals surface area contributed by atoms with Gasteiger partial charge in [0.25, 0.3) is 0 Å². The fourth-order valence-corrected chi connectivity index (χ4v) is 5.33. The molecule has 0 spiro atoms. The van der Waals surface area contributed by atoms with E-state index in [-0.39, 0.29) is 11.8 Å². The van der Waals surface area contributed by atoms with E-state index in [0.717, 1.165) is 62.6 Å². The highest BCUT2D eigenvalue weighted by atomic mass is 16.2. The Balaban J connectivity index is 1.72. The molecule has 1 aromatic rings. The molecular formula is C32H56N4O2. The zero-order valence-electron chi connectivity index (χ0n) is 24.7. The number of carbonyl (C=O) groups is 2. The lowest BCUT2D eigenvalue weighted by Gasteiger charge is -2.19. The summed E-state index contributed by atoms with van der Waals surface area (Å²) in [6, 6.07) is 0. The summed E-state index contributed by atoms with van der Waals surface area (Å²) < 4.78 is 0. The van der Waals surface area contributed by atoms with Crippen LogP contribution in [0.5, 0.6) is 0 Å². The molecule has 38 heavy (non-hydrogen) atoms. The number of carbonyl (C=O) groups excluding carboxylic acids is 2. The van der Waals surface area contributed by atoms with Crippen LogP contribution in [0.4, 0.5) is 11.8 Å². The SMILES string of the molecule is CCCCCCCCCCCC(=O)Nc1nc2c(c(NC(=O)CCCCCCCCCCC)n1)CCCC2. The topological polar surface area (TPSA) is 84.0 Å². The van der Waals surface area contributed by atoms with E-state index in [0.29, 0.717) is 24.6 Å². The molecular weight excluding hydrogens is 472 g/mol. The monoisotopic (exact) mass is 528 g/mol. The average molecular weight is 529 g/mol. The van der Waals surface area contributed by atoms with E-state index in [2.05, 4.69) is 34.4 Å². The first-order chi connectivity index (χ1) is 18.6. The second kappa shape index (κ2) is 20.9. The largest absolute Gasteiger partial charge is 0.310 e. The molecule has 6 nitrogen and oxygen atoms in total. The van der Waals surface area contributed by atoms with E-state index in [1.165, 1.54) is 89.9 Å². The Morgan fingerprint density at radius 1 is 0.579 bits per heavy atom. The van der Waals surface area contributed by atoms with Crippen molar-refractivity contribution in [2.24, 2.45) is 0 Å². The molecule has 0 saturated carbocycles. The summed E-state index contributed by atoms with van der Waals surface area (Å²) in [5.41, 5.74) is 2.02. The second-order valence-corrected chi connectivity index (χ2v) is 11.3. The Hall–Kier alpha value is -1.98. The summed E-state index contributed by atoms with van der Waals surface area (Å²) in [7, 11) is 0. The number of nitrogens with zero attached hydrogens (tertiary/aromatic N) is 2. The van der Waals surface area contributed by atoms with Gasteiger partial charge in [-0.2, -0.15) is 4.98 Å².